The van der Waals surface area contributed by atoms with Gasteiger partial charge in [0, 0.05) is 40.4 Å². The van der Waals surface area contributed by atoms with Crippen molar-refractivity contribution in [3.63, 3.8) is 0 Å². The van der Waals surface area contributed by atoms with Crippen LogP contribution >= 0.6 is 21.6 Å². The molecule has 3 aromatic carbocycles. The summed E-state index contributed by atoms with van der Waals surface area (Å²) in [7, 11) is 2.06. The van der Waals surface area contributed by atoms with Gasteiger partial charge in [-0.1, -0.05) is 96.1 Å². The number of hydrogen-bond acceptors (Lipinski definition) is 14. The van der Waals surface area contributed by atoms with Gasteiger partial charge in [-0.2, -0.15) is 0 Å². The summed E-state index contributed by atoms with van der Waals surface area (Å²) in [5.74, 6) is -7.53. The van der Waals surface area contributed by atoms with Gasteiger partial charge in [-0.25, -0.2) is 0 Å². The van der Waals surface area contributed by atoms with E-state index in [1.165, 1.54) is 19.1 Å². The van der Waals surface area contributed by atoms with Gasteiger partial charge < -0.3 is 69.6 Å². The number of amides is 8. The molecule has 5 rings (SSSR count). The Morgan fingerprint density at radius 2 is 1.37 bits per heavy atom. The SMILES string of the molecule is CC(C)[C@@H]1NC(=O)[C@@H](CCCCN)NC(=O)[C@H](Cc2c[nH]c3ccccc23)NC(=O)[C@@H](Cc2ccc(O)cc2)NC(=O)[C@H](NC(=O)[C@H](N)Cc2ccccc2)C(C)(C)SSC[C@@H](C(=O)N[C@H](C(N)=O)[C@@H](C)O)NC1=O. The number of para-hydroxylation sites is 1. The van der Waals surface area contributed by atoms with E-state index in [9.17, 15) is 43.8 Å². The van der Waals surface area contributed by atoms with E-state index in [2.05, 4.69) is 42.2 Å². The summed E-state index contributed by atoms with van der Waals surface area (Å²) in [5.41, 5.74) is 20.5. The number of nitrogens with two attached hydrogens (primary N) is 3. The number of unbranched alkanes of at least 4 members (excludes halogenated alkanes) is 1. The molecule has 9 atom stereocenters. The van der Waals surface area contributed by atoms with Crippen LogP contribution in [0.25, 0.3) is 10.9 Å². The quantitative estimate of drug-likeness (QED) is 0.0505. The number of phenols is 1. The summed E-state index contributed by atoms with van der Waals surface area (Å²) in [5, 5.41) is 40.4. The molecule has 4 aromatic rings. The average molecular weight is 1070 g/mol. The lowest BCUT2D eigenvalue weighted by Crippen LogP contribution is -2.63. The second-order valence-corrected chi connectivity index (χ2v) is 22.5. The van der Waals surface area contributed by atoms with Crippen molar-refractivity contribution in [1.82, 2.24) is 42.2 Å². The summed E-state index contributed by atoms with van der Waals surface area (Å²) < 4.78 is -1.32. The fraction of sp³-hybridized carbons (Fsp3) is 0.462. The molecule has 1 saturated heterocycles. The van der Waals surface area contributed by atoms with Gasteiger partial charge in [0.2, 0.25) is 47.3 Å². The third kappa shape index (κ3) is 17.2. The number of nitrogens with one attached hydrogen (secondary N) is 8. The van der Waals surface area contributed by atoms with E-state index in [1.54, 1.807) is 70.3 Å². The van der Waals surface area contributed by atoms with E-state index in [1.807, 2.05) is 30.3 Å². The zero-order valence-corrected chi connectivity index (χ0v) is 44.4. The van der Waals surface area contributed by atoms with Crippen molar-refractivity contribution in [1.29, 1.82) is 0 Å². The normalized spacial score (nSPS) is 22.5. The Morgan fingerprint density at radius 3 is 2.01 bits per heavy atom. The molecular weight excluding hydrogens is 1000 g/mol. The molecule has 0 aliphatic carbocycles. The highest BCUT2D eigenvalue weighted by molar-refractivity contribution is 8.77. The number of primary amides is 1. The molecule has 0 unspecified atom stereocenters. The van der Waals surface area contributed by atoms with Crippen LogP contribution in [-0.4, -0.2) is 134 Å². The molecule has 1 aromatic heterocycles. The molecule has 8 amide bonds. The van der Waals surface area contributed by atoms with Crippen molar-refractivity contribution in [2.75, 3.05) is 12.3 Å². The molecule has 0 spiro atoms. The maximum atomic E-state index is 15.0. The lowest BCUT2D eigenvalue weighted by atomic mass is 9.98. The third-order valence-corrected chi connectivity index (χ3v) is 16.0. The van der Waals surface area contributed by atoms with Crippen LogP contribution in [0, 0.1) is 5.92 Å². The smallest absolute Gasteiger partial charge is 0.244 e. The van der Waals surface area contributed by atoms with E-state index in [0.29, 0.717) is 24.0 Å². The largest absolute Gasteiger partial charge is 0.508 e. The van der Waals surface area contributed by atoms with E-state index in [4.69, 9.17) is 17.2 Å². The number of aromatic hydroxyl groups is 1. The number of hydrogen-bond donors (Lipinski definition) is 13. The van der Waals surface area contributed by atoms with E-state index in [-0.39, 0.29) is 43.7 Å². The molecule has 23 heteroatoms. The lowest BCUT2D eigenvalue weighted by molar-refractivity contribution is -0.136. The third-order valence-electron chi connectivity index (χ3n) is 12.7. The predicted octanol–water partition coefficient (Wildman–Crippen LogP) is 0.447. The molecule has 0 radical (unpaired) electrons. The number of aliphatic hydroxyl groups excluding tert-OH is 1. The van der Waals surface area contributed by atoms with Crippen LogP contribution in [0.3, 0.4) is 0 Å². The van der Waals surface area contributed by atoms with Crippen LogP contribution in [0.4, 0.5) is 0 Å². The minimum atomic E-state index is -1.56. The first-order chi connectivity index (χ1) is 35.6. The number of carbonyl (C=O) groups excluding carboxylic acids is 8. The molecule has 75 heavy (non-hydrogen) atoms. The highest BCUT2D eigenvalue weighted by Gasteiger charge is 2.42. The van der Waals surface area contributed by atoms with Crippen LogP contribution in [0.2, 0.25) is 0 Å². The number of rotatable bonds is 17. The van der Waals surface area contributed by atoms with E-state index >= 15 is 4.79 Å². The summed E-state index contributed by atoms with van der Waals surface area (Å²) >= 11 is 0. The van der Waals surface area contributed by atoms with Crippen LogP contribution in [0.15, 0.2) is 85.1 Å². The Kier molecular flexibility index (Phi) is 21.9. The molecule has 1 aliphatic rings. The summed E-state index contributed by atoms with van der Waals surface area (Å²) in [6.07, 6.45) is 1.05. The maximum Gasteiger partial charge on any atom is 0.244 e. The van der Waals surface area contributed by atoms with E-state index in [0.717, 1.165) is 38.1 Å². The number of aromatic nitrogens is 1. The molecule has 16 N–H and O–H groups in total. The monoisotopic (exact) mass is 1070 g/mol. The number of aromatic amines is 1. The second kappa shape index (κ2) is 27.8. The first-order valence-corrected chi connectivity index (χ1v) is 27.1. The highest BCUT2D eigenvalue weighted by Crippen LogP contribution is 2.39. The van der Waals surface area contributed by atoms with Crippen molar-refractivity contribution in [3.05, 3.63) is 102 Å². The van der Waals surface area contributed by atoms with Gasteiger partial charge in [-0.05, 0) is 93.8 Å². The van der Waals surface area contributed by atoms with Crippen molar-refractivity contribution in [2.45, 2.75) is 132 Å². The Balaban J connectivity index is 1.63. The summed E-state index contributed by atoms with van der Waals surface area (Å²) in [4.78, 5) is 117. The zero-order valence-electron chi connectivity index (χ0n) is 42.7. The van der Waals surface area contributed by atoms with Crippen molar-refractivity contribution >= 4 is 79.7 Å². The molecule has 21 nitrogen and oxygen atoms in total. The van der Waals surface area contributed by atoms with Crippen LogP contribution in [0.5, 0.6) is 5.75 Å². The first kappa shape index (κ1) is 59.2. The van der Waals surface area contributed by atoms with Gasteiger partial charge in [0.05, 0.1) is 12.1 Å². The highest BCUT2D eigenvalue weighted by atomic mass is 33.1. The zero-order chi connectivity index (χ0) is 55.0. The minimum Gasteiger partial charge on any atom is -0.508 e. The van der Waals surface area contributed by atoms with Gasteiger partial charge in [-0.3, -0.25) is 38.4 Å². The average Bonchev–Trinajstić information content (AvgIpc) is 3.77. The fourth-order valence-electron chi connectivity index (χ4n) is 8.35. The molecular formula is C52H71N11O10S2. The fourth-order valence-corrected chi connectivity index (χ4v) is 11.2. The van der Waals surface area contributed by atoms with Crippen LogP contribution in [0.1, 0.15) is 70.6 Å². The lowest BCUT2D eigenvalue weighted by Gasteiger charge is -2.35. The standard InChI is InChI=1S/C52H71N11O10S2/c1-28(2)41-50(72)60-40(49(71)62-42(29(3)64)44(55)66)27-74-75-52(4,5)43(63-45(67)35(54)23-30-13-7-6-8-14-30)51(73)59-38(24-31-18-20-33(65)21-19-31)47(69)58-39(25-32-26-56-36-16-10-9-15-34(32)36)48(70)57-37(46(68)61-41)17-11-12-22-53/h6-10,13-16,18-21,26,28-29,35,37-43,56,64-65H,11-12,17,22-25,27,53-54H2,1-5H3,(H2,55,66)(H,57,70)(H,58,69)(H,59,73)(H,60,72)(H,61,68)(H,62,71)(H,63,67)/t29-,35-,37-,38-,39+,40+,41+,42+,43+/m1/s1. The Hall–Kier alpha value is -6.66. The topological polar surface area (TPSA) is 355 Å². The summed E-state index contributed by atoms with van der Waals surface area (Å²) in [6.45, 7) is 8.13. The van der Waals surface area contributed by atoms with Gasteiger partial charge in [-0.15, -0.1) is 0 Å². The first-order valence-electron chi connectivity index (χ1n) is 24.8. The Morgan fingerprint density at radius 1 is 0.760 bits per heavy atom. The molecule has 406 valence electrons. The van der Waals surface area contributed by atoms with E-state index < -0.39 is 112 Å². The van der Waals surface area contributed by atoms with Crippen LogP contribution in [-0.2, 0) is 57.6 Å². The van der Waals surface area contributed by atoms with Gasteiger partial charge in [0.1, 0.15) is 48.0 Å². The second-order valence-electron chi connectivity index (χ2n) is 19.5. The van der Waals surface area contributed by atoms with Crippen molar-refractivity contribution in [2.24, 2.45) is 23.1 Å². The summed E-state index contributed by atoms with van der Waals surface area (Å²) in [6, 6.07) is 11.3. The van der Waals surface area contributed by atoms with Gasteiger partial charge in [0.15, 0.2) is 0 Å². The molecule has 2 heterocycles. The Labute approximate surface area is 444 Å². The predicted molar refractivity (Wildman–Crippen MR) is 288 cm³/mol. The van der Waals surface area contributed by atoms with Crippen molar-refractivity contribution in [3.8, 4) is 5.75 Å². The number of fused-ring (bicyclic) bond motifs is 1. The number of benzene rings is 3. The molecule has 0 saturated carbocycles. The number of H-pyrrole nitrogens is 1. The van der Waals surface area contributed by atoms with Crippen molar-refractivity contribution < 1.29 is 48.6 Å². The molecule has 0 bridgehead atoms. The molecule has 1 fully saturated rings. The van der Waals surface area contributed by atoms with Gasteiger partial charge in [0.25, 0.3) is 0 Å². The number of phenolic OH excluding ortho intramolecular Hbond substituents is 1. The maximum absolute atomic E-state index is 15.0. The minimum absolute atomic E-state index is 0.0514. The Bertz CT molecular complexity index is 2620. The number of carbonyl (C=O) groups is 8. The molecule has 1 aliphatic heterocycles. The van der Waals surface area contributed by atoms with Crippen LogP contribution < -0.4 is 54.4 Å². The number of aliphatic hydroxyl groups is 1. The van der Waals surface area contributed by atoms with Gasteiger partial charge >= 0.3 is 0 Å².